The third-order valence-electron chi connectivity index (χ3n) is 4.26. The molecule has 3 heteroatoms. The van der Waals surface area contributed by atoms with Crippen molar-refractivity contribution in [3.63, 3.8) is 0 Å². The second-order valence-electron chi connectivity index (χ2n) is 6.23. The maximum atomic E-state index is 12.6. The van der Waals surface area contributed by atoms with Crippen molar-refractivity contribution >= 4 is 29.0 Å². The Labute approximate surface area is 134 Å². The molecule has 1 aliphatic carbocycles. The molecule has 1 atom stereocenters. The second kappa shape index (κ2) is 5.15. The summed E-state index contributed by atoms with van der Waals surface area (Å²) >= 11 is 12.2. The molecule has 0 heterocycles. The molecule has 0 amide bonds. The van der Waals surface area contributed by atoms with Gasteiger partial charge in [-0.3, -0.25) is 4.79 Å². The Morgan fingerprint density at radius 2 is 1.76 bits per heavy atom. The third-order valence-corrected chi connectivity index (χ3v) is 5.00. The van der Waals surface area contributed by atoms with Crippen molar-refractivity contribution in [3.05, 3.63) is 69.2 Å². The van der Waals surface area contributed by atoms with E-state index >= 15 is 0 Å². The Hall–Kier alpha value is -1.31. The van der Waals surface area contributed by atoms with Crippen LogP contribution in [0.5, 0.6) is 0 Å². The second-order valence-corrected chi connectivity index (χ2v) is 7.04. The van der Waals surface area contributed by atoms with Crippen LogP contribution in [0.25, 0.3) is 0 Å². The molecule has 0 bridgehead atoms. The molecular formula is C18H16Cl2O. The van der Waals surface area contributed by atoms with E-state index in [9.17, 15) is 4.79 Å². The predicted molar refractivity (Wildman–Crippen MR) is 87.5 cm³/mol. The number of hydrogen-bond donors (Lipinski definition) is 0. The standard InChI is InChI=1S/C18H16Cl2O/c1-18(2)10-14(11-7-8-15(19)16(20)9-11)12-5-3-4-6-13(12)17(18)21/h3-9,14H,10H2,1-2H3. The highest BCUT2D eigenvalue weighted by molar-refractivity contribution is 6.42. The summed E-state index contributed by atoms with van der Waals surface area (Å²) in [5, 5.41) is 1.11. The largest absolute Gasteiger partial charge is 0.294 e. The molecule has 2 aromatic rings. The van der Waals surface area contributed by atoms with Gasteiger partial charge in [-0.15, -0.1) is 0 Å². The van der Waals surface area contributed by atoms with E-state index in [2.05, 4.69) is 0 Å². The topological polar surface area (TPSA) is 17.1 Å². The molecule has 108 valence electrons. The predicted octanol–water partition coefficient (Wildman–Crippen LogP) is 5.74. The summed E-state index contributed by atoms with van der Waals surface area (Å²) in [6.45, 7) is 4.02. The van der Waals surface area contributed by atoms with Crippen LogP contribution in [-0.4, -0.2) is 5.78 Å². The zero-order valence-electron chi connectivity index (χ0n) is 12.0. The molecule has 0 radical (unpaired) electrons. The molecule has 1 aliphatic rings. The smallest absolute Gasteiger partial charge is 0.168 e. The molecule has 0 N–H and O–H groups in total. The average molecular weight is 319 g/mol. The molecule has 0 saturated carbocycles. The van der Waals surface area contributed by atoms with Crippen LogP contribution in [0.1, 0.15) is 47.7 Å². The zero-order valence-corrected chi connectivity index (χ0v) is 13.5. The lowest BCUT2D eigenvalue weighted by Gasteiger charge is -2.36. The summed E-state index contributed by atoms with van der Waals surface area (Å²) in [5.41, 5.74) is 2.65. The van der Waals surface area contributed by atoms with E-state index in [1.54, 1.807) is 0 Å². The van der Waals surface area contributed by atoms with Gasteiger partial charge in [0, 0.05) is 16.9 Å². The number of carbonyl (C=O) groups is 1. The van der Waals surface area contributed by atoms with Gasteiger partial charge >= 0.3 is 0 Å². The van der Waals surface area contributed by atoms with E-state index in [0.29, 0.717) is 10.0 Å². The lowest BCUT2D eigenvalue weighted by molar-refractivity contribution is 0.0802. The van der Waals surface area contributed by atoms with Crippen molar-refractivity contribution in [1.82, 2.24) is 0 Å². The van der Waals surface area contributed by atoms with Crippen LogP contribution in [0.3, 0.4) is 0 Å². The maximum Gasteiger partial charge on any atom is 0.168 e. The first-order valence-corrected chi connectivity index (χ1v) is 7.74. The van der Waals surface area contributed by atoms with E-state index in [1.807, 2.05) is 56.3 Å². The van der Waals surface area contributed by atoms with Gasteiger partial charge in [0.25, 0.3) is 0 Å². The summed E-state index contributed by atoms with van der Waals surface area (Å²) in [5.74, 6) is 0.387. The SMILES string of the molecule is CC1(C)CC(c2ccc(Cl)c(Cl)c2)c2ccccc2C1=O. The molecular weight excluding hydrogens is 303 g/mol. The fourth-order valence-electron chi connectivity index (χ4n) is 3.11. The fraction of sp³-hybridized carbons (Fsp3) is 0.278. The van der Waals surface area contributed by atoms with Crippen molar-refractivity contribution < 1.29 is 4.79 Å². The van der Waals surface area contributed by atoms with Crippen LogP contribution >= 0.6 is 23.2 Å². The van der Waals surface area contributed by atoms with Gasteiger partial charge in [0.2, 0.25) is 0 Å². The van der Waals surface area contributed by atoms with Crippen LogP contribution in [0.2, 0.25) is 10.0 Å². The maximum absolute atomic E-state index is 12.6. The van der Waals surface area contributed by atoms with E-state index < -0.39 is 0 Å². The van der Waals surface area contributed by atoms with Crippen LogP contribution in [0.15, 0.2) is 42.5 Å². The number of rotatable bonds is 1. The minimum absolute atomic E-state index is 0.170. The summed E-state index contributed by atoms with van der Waals surface area (Å²) in [7, 11) is 0. The number of halogens is 2. The number of fused-ring (bicyclic) bond motifs is 1. The molecule has 0 saturated heterocycles. The third kappa shape index (κ3) is 2.49. The van der Waals surface area contributed by atoms with Gasteiger partial charge in [0.15, 0.2) is 5.78 Å². The van der Waals surface area contributed by atoms with Crippen molar-refractivity contribution in [1.29, 1.82) is 0 Å². The molecule has 21 heavy (non-hydrogen) atoms. The molecule has 0 fully saturated rings. The van der Waals surface area contributed by atoms with Crippen molar-refractivity contribution in [2.75, 3.05) is 0 Å². The molecule has 2 aromatic carbocycles. The van der Waals surface area contributed by atoms with Gasteiger partial charge in [-0.05, 0) is 29.7 Å². The summed E-state index contributed by atoms with van der Waals surface area (Å²) < 4.78 is 0. The van der Waals surface area contributed by atoms with Gasteiger partial charge in [-0.25, -0.2) is 0 Å². The van der Waals surface area contributed by atoms with Crippen molar-refractivity contribution in [2.24, 2.45) is 5.41 Å². The molecule has 1 nitrogen and oxygen atoms in total. The minimum atomic E-state index is -0.370. The van der Waals surface area contributed by atoms with E-state index in [1.165, 1.54) is 0 Å². The molecule has 0 spiro atoms. The number of Topliss-reactive ketones (excluding diaryl/α,β-unsaturated/α-hetero) is 1. The highest BCUT2D eigenvalue weighted by atomic mass is 35.5. The lowest BCUT2D eigenvalue weighted by atomic mass is 9.66. The Morgan fingerprint density at radius 1 is 1.05 bits per heavy atom. The van der Waals surface area contributed by atoms with E-state index in [-0.39, 0.29) is 17.1 Å². The fourth-order valence-corrected chi connectivity index (χ4v) is 3.42. The molecule has 3 rings (SSSR count). The Morgan fingerprint density at radius 3 is 2.48 bits per heavy atom. The minimum Gasteiger partial charge on any atom is -0.294 e. The normalized spacial score (nSPS) is 20.2. The van der Waals surface area contributed by atoms with Crippen LogP contribution in [-0.2, 0) is 0 Å². The first kappa shape index (κ1) is 14.6. The number of carbonyl (C=O) groups excluding carboxylic acids is 1. The monoisotopic (exact) mass is 318 g/mol. The highest BCUT2D eigenvalue weighted by Gasteiger charge is 2.39. The van der Waals surface area contributed by atoms with Gasteiger partial charge in [-0.2, -0.15) is 0 Å². The van der Waals surface area contributed by atoms with Crippen molar-refractivity contribution in [3.8, 4) is 0 Å². The van der Waals surface area contributed by atoms with E-state index in [0.717, 1.165) is 23.1 Å². The quantitative estimate of drug-likeness (QED) is 0.655. The van der Waals surface area contributed by atoms with Gasteiger partial charge in [0.05, 0.1) is 10.0 Å². The summed E-state index contributed by atoms with van der Waals surface area (Å²) in [4.78, 5) is 12.6. The van der Waals surface area contributed by atoms with Crippen LogP contribution in [0.4, 0.5) is 0 Å². The first-order chi connectivity index (χ1) is 9.90. The van der Waals surface area contributed by atoms with Crippen LogP contribution in [0, 0.1) is 5.41 Å². The molecule has 0 aliphatic heterocycles. The average Bonchev–Trinajstić information content (AvgIpc) is 2.46. The Bertz CT molecular complexity index is 719. The molecule has 1 unspecified atom stereocenters. The van der Waals surface area contributed by atoms with E-state index in [4.69, 9.17) is 23.2 Å². The van der Waals surface area contributed by atoms with Gasteiger partial charge in [0.1, 0.15) is 0 Å². The highest BCUT2D eigenvalue weighted by Crippen LogP contribution is 2.45. The summed E-state index contributed by atoms with van der Waals surface area (Å²) in [6.07, 6.45) is 0.779. The number of benzene rings is 2. The zero-order chi connectivity index (χ0) is 15.2. The Kier molecular flexibility index (Phi) is 3.59. The Balaban J connectivity index is 2.16. The van der Waals surface area contributed by atoms with Gasteiger partial charge in [-0.1, -0.05) is 67.4 Å². The van der Waals surface area contributed by atoms with Crippen molar-refractivity contribution in [2.45, 2.75) is 26.2 Å². The number of ketones is 1. The first-order valence-electron chi connectivity index (χ1n) is 6.99. The number of hydrogen-bond acceptors (Lipinski definition) is 1. The van der Waals surface area contributed by atoms with Gasteiger partial charge < -0.3 is 0 Å². The molecule has 0 aromatic heterocycles. The summed E-state index contributed by atoms with van der Waals surface area (Å²) in [6, 6.07) is 13.6. The van der Waals surface area contributed by atoms with Crippen LogP contribution < -0.4 is 0 Å². The lowest BCUT2D eigenvalue weighted by Crippen LogP contribution is -2.33.